The molecular formula is C12H21N3O2. The fourth-order valence-corrected chi connectivity index (χ4v) is 2.27. The Hall–Kier alpha value is -1.07. The van der Waals surface area contributed by atoms with Crippen LogP contribution < -0.4 is 4.90 Å². The Morgan fingerprint density at radius 1 is 1.47 bits per heavy atom. The molecule has 1 aromatic heterocycles. The minimum absolute atomic E-state index is 0.112. The number of aromatic nitrogens is 2. The highest BCUT2D eigenvalue weighted by atomic mass is 16.5. The van der Waals surface area contributed by atoms with Crippen molar-refractivity contribution in [1.29, 1.82) is 0 Å². The number of nitrogens with zero attached hydrogens (tertiary/aromatic N) is 3. The van der Waals surface area contributed by atoms with E-state index in [1.165, 1.54) is 0 Å². The topological polar surface area (TPSA) is 50.5 Å². The maximum atomic E-state index is 8.72. The predicted octanol–water partition coefficient (Wildman–Crippen LogP) is 0.881. The Morgan fingerprint density at radius 3 is 2.88 bits per heavy atom. The molecule has 5 heteroatoms. The number of hydrogen-bond donors (Lipinski definition) is 1. The molecular weight excluding hydrogens is 218 g/mol. The van der Waals surface area contributed by atoms with Gasteiger partial charge in [-0.2, -0.15) is 0 Å². The van der Waals surface area contributed by atoms with Gasteiger partial charge < -0.3 is 19.3 Å². The summed E-state index contributed by atoms with van der Waals surface area (Å²) in [6, 6.07) is 0. The molecule has 1 N–H and O–H groups in total. The van der Waals surface area contributed by atoms with Gasteiger partial charge >= 0.3 is 0 Å². The van der Waals surface area contributed by atoms with Crippen molar-refractivity contribution in [2.75, 3.05) is 31.2 Å². The van der Waals surface area contributed by atoms with Gasteiger partial charge in [0.05, 0.1) is 19.3 Å². The summed E-state index contributed by atoms with van der Waals surface area (Å²) in [6.07, 6.45) is 6.19. The smallest absolute Gasteiger partial charge is 0.205 e. The second-order valence-electron chi connectivity index (χ2n) is 4.29. The van der Waals surface area contributed by atoms with E-state index in [0.29, 0.717) is 12.7 Å². The van der Waals surface area contributed by atoms with Crippen LogP contribution in [0.25, 0.3) is 0 Å². The number of hydrogen-bond acceptors (Lipinski definition) is 4. The molecule has 1 aliphatic rings. The second-order valence-corrected chi connectivity index (χ2v) is 4.29. The third-order valence-electron chi connectivity index (χ3n) is 3.20. The Morgan fingerprint density at radius 2 is 2.24 bits per heavy atom. The molecule has 1 saturated heterocycles. The second kappa shape index (κ2) is 6.02. The third-order valence-corrected chi connectivity index (χ3v) is 3.20. The van der Waals surface area contributed by atoms with E-state index in [4.69, 9.17) is 9.84 Å². The predicted molar refractivity (Wildman–Crippen MR) is 66.2 cm³/mol. The van der Waals surface area contributed by atoms with E-state index in [1.54, 1.807) is 0 Å². The van der Waals surface area contributed by atoms with Gasteiger partial charge in [0.2, 0.25) is 5.95 Å². The Balaban J connectivity index is 1.86. The number of ether oxygens (including phenoxy) is 1. The van der Waals surface area contributed by atoms with Crippen molar-refractivity contribution < 1.29 is 9.84 Å². The van der Waals surface area contributed by atoms with Crippen molar-refractivity contribution in [3.63, 3.8) is 0 Å². The lowest BCUT2D eigenvalue weighted by molar-refractivity contribution is 0.0157. The first-order valence-electron chi connectivity index (χ1n) is 6.33. The highest BCUT2D eigenvalue weighted by molar-refractivity contribution is 5.31. The maximum absolute atomic E-state index is 8.72. The lowest BCUT2D eigenvalue weighted by Gasteiger charge is -2.32. The van der Waals surface area contributed by atoms with Crippen LogP contribution >= 0.6 is 0 Å². The molecule has 0 aliphatic carbocycles. The first-order valence-corrected chi connectivity index (χ1v) is 6.33. The molecule has 0 atom stereocenters. The highest BCUT2D eigenvalue weighted by Crippen LogP contribution is 2.19. The molecule has 17 heavy (non-hydrogen) atoms. The van der Waals surface area contributed by atoms with E-state index in [1.807, 2.05) is 12.4 Å². The van der Waals surface area contributed by atoms with Crippen LogP contribution in [0.4, 0.5) is 5.95 Å². The fourth-order valence-electron chi connectivity index (χ4n) is 2.27. The zero-order valence-corrected chi connectivity index (χ0v) is 10.4. The van der Waals surface area contributed by atoms with Gasteiger partial charge in [-0.05, 0) is 19.8 Å². The molecule has 1 aliphatic heterocycles. The van der Waals surface area contributed by atoms with Crippen molar-refractivity contribution >= 4 is 5.95 Å². The van der Waals surface area contributed by atoms with Crippen molar-refractivity contribution in [2.24, 2.45) is 0 Å². The minimum Gasteiger partial charge on any atom is -0.394 e. The number of aliphatic hydroxyl groups is 1. The summed E-state index contributed by atoms with van der Waals surface area (Å²) < 4.78 is 7.71. The molecule has 0 radical (unpaired) electrons. The van der Waals surface area contributed by atoms with E-state index in [0.717, 1.165) is 38.4 Å². The van der Waals surface area contributed by atoms with Crippen LogP contribution in [-0.4, -0.2) is 47.1 Å². The minimum atomic E-state index is 0.112. The summed E-state index contributed by atoms with van der Waals surface area (Å²) >= 11 is 0. The maximum Gasteiger partial charge on any atom is 0.205 e. The first-order chi connectivity index (χ1) is 8.35. The van der Waals surface area contributed by atoms with Crippen LogP contribution in [0.5, 0.6) is 0 Å². The van der Waals surface area contributed by atoms with E-state index < -0.39 is 0 Å². The lowest BCUT2D eigenvalue weighted by atomic mass is 10.1. The standard InChI is InChI=1S/C12H21N3O2/c1-2-14-8-5-13-12(14)15-6-3-11(4-7-15)17-10-9-16/h5,8,11,16H,2-4,6-7,9-10H2,1H3. The molecule has 0 spiro atoms. The van der Waals surface area contributed by atoms with Gasteiger partial charge in [-0.3, -0.25) is 0 Å². The molecule has 2 rings (SSSR count). The molecule has 2 heterocycles. The van der Waals surface area contributed by atoms with Crippen LogP contribution in [0, 0.1) is 0 Å². The van der Waals surface area contributed by atoms with Crippen LogP contribution in [0.2, 0.25) is 0 Å². The van der Waals surface area contributed by atoms with Crippen LogP contribution in [-0.2, 0) is 11.3 Å². The van der Waals surface area contributed by atoms with Crippen molar-refractivity contribution in [2.45, 2.75) is 32.4 Å². The van der Waals surface area contributed by atoms with Crippen LogP contribution in [0.1, 0.15) is 19.8 Å². The van der Waals surface area contributed by atoms with E-state index >= 15 is 0 Å². The normalized spacial score (nSPS) is 17.6. The summed E-state index contributed by atoms with van der Waals surface area (Å²) in [6.45, 7) is 5.60. The van der Waals surface area contributed by atoms with Gasteiger partial charge in [0, 0.05) is 32.0 Å². The van der Waals surface area contributed by atoms with Crippen molar-refractivity contribution in [3.05, 3.63) is 12.4 Å². The number of aryl methyl sites for hydroxylation is 1. The average Bonchev–Trinajstić information content (AvgIpc) is 2.85. The molecule has 96 valence electrons. The summed E-state index contributed by atoms with van der Waals surface area (Å²) in [5.41, 5.74) is 0. The zero-order chi connectivity index (χ0) is 12.1. The molecule has 0 saturated carbocycles. The number of aliphatic hydroxyl groups excluding tert-OH is 1. The fraction of sp³-hybridized carbons (Fsp3) is 0.750. The summed E-state index contributed by atoms with van der Waals surface area (Å²) in [4.78, 5) is 6.71. The van der Waals surface area contributed by atoms with Crippen LogP contribution in [0.15, 0.2) is 12.4 Å². The van der Waals surface area contributed by atoms with Gasteiger partial charge in [0.25, 0.3) is 0 Å². The van der Waals surface area contributed by atoms with Gasteiger partial charge in [-0.15, -0.1) is 0 Å². The van der Waals surface area contributed by atoms with E-state index in [-0.39, 0.29) is 6.61 Å². The molecule has 1 fully saturated rings. The summed E-state index contributed by atoms with van der Waals surface area (Å²) in [5, 5.41) is 8.72. The Labute approximate surface area is 102 Å². The number of rotatable bonds is 5. The summed E-state index contributed by atoms with van der Waals surface area (Å²) in [7, 11) is 0. The first kappa shape index (κ1) is 12.4. The monoisotopic (exact) mass is 239 g/mol. The van der Waals surface area contributed by atoms with Crippen molar-refractivity contribution in [3.8, 4) is 0 Å². The molecule has 0 bridgehead atoms. The molecule has 5 nitrogen and oxygen atoms in total. The third kappa shape index (κ3) is 2.98. The number of piperidine rings is 1. The Kier molecular flexibility index (Phi) is 4.39. The van der Waals surface area contributed by atoms with E-state index in [2.05, 4.69) is 21.4 Å². The molecule has 0 amide bonds. The zero-order valence-electron chi connectivity index (χ0n) is 10.4. The highest BCUT2D eigenvalue weighted by Gasteiger charge is 2.21. The molecule has 0 unspecified atom stereocenters. The van der Waals surface area contributed by atoms with Gasteiger partial charge in [0.1, 0.15) is 0 Å². The quantitative estimate of drug-likeness (QED) is 0.828. The van der Waals surface area contributed by atoms with Crippen molar-refractivity contribution in [1.82, 2.24) is 9.55 Å². The SMILES string of the molecule is CCn1ccnc1N1CCC(OCCO)CC1. The molecule has 1 aromatic rings. The number of imidazole rings is 1. The van der Waals surface area contributed by atoms with E-state index in [9.17, 15) is 0 Å². The number of anilines is 1. The van der Waals surface area contributed by atoms with Crippen LogP contribution in [0.3, 0.4) is 0 Å². The Bertz CT molecular complexity index is 332. The molecule has 0 aromatic carbocycles. The van der Waals surface area contributed by atoms with Gasteiger partial charge in [-0.1, -0.05) is 0 Å². The largest absolute Gasteiger partial charge is 0.394 e. The van der Waals surface area contributed by atoms with Gasteiger partial charge in [-0.25, -0.2) is 4.98 Å². The lowest BCUT2D eigenvalue weighted by Crippen LogP contribution is -2.38. The average molecular weight is 239 g/mol. The summed E-state index contributed by atoms with van der Waals surface area (Å²) in [5.74, 6) is 1.06. The van der Waals surface area contributed by atoms with Gasteiger partial charge in [0.15, 0.2) is 0 Å².